The molecule has 5 heteroatoms. The maximum absolute atomic E-state index is 13.6. The Kier molecular flexibility index (Phi) is 6.27. The zero-order chi connectivity index (χ0) is 23.7. The van der Waals surface area contributed by atoms with Gasteiger partial charge in [-0.3, -0.25) is 4.79 Å². The van der Waals surface area contributed by atoms with Crippen molar-refractivity contribution in [2.24, 2.45) is 0 Å². The van der Waals surface area contributed by atoms with Crippen LogP contribution in [0.1, 0.15) is 66.6 Å². The summed E-state index contributed by atoms with van der Waals surface area (Å²) in [5.74, 6) is 1.04. The number of rotatable bonds is 5. The molecule has 5 rings (SSSR count). The van der Waals surface area contributed by atoms with Crippen LogP contribution in [-0.2, 0) is 17.6 Å². The SMILES string of the molecule is CCc1cn(-c2ccc(/C=C3\CCCN(C4CCCc5ccc(OC)cc54)C3=O)cc2C)cn1. The number of methoxy groups -OCH3 is 1. The van der Waals surface area contributed by atoms with Crippen molar-refractivity contribution >= 4 is 12.0 Å². The lowest BCUT2D eigenvalue weighted by Crippen LogP contribution is -2.41. The molecule has 1 fully saturated rings. The predicted molar refractivity (Wildman–Crippen MR) is 135 cm³/mol. The minimum Gasteiger partial charge on any atom is -0.497 e. The summed E-state index contributed by atoms with van der Waals surface area (Å²) in [7, 11) is 1.70. The first kappa shape index (κ1) is 22.5. The van der Waals surface area contributed by atoms with Crippen LogP contribution in [0.25, 0.3) is 11.8 Å². The summed E-state index contributed by atoms with van der Waals surface area (Å²) in [5, 5.41) is 0. The van der Waals surface area contributed by atoms with E-state index in [9.17, 15) is 4.79 Å². The van der Waals surface area contributed by atoms with Gasteiger partial charge in [-0.15, -0.1) is 0 Å². The smallest absolute Gasteiger partial charge is 0.250 e. The van der Waals surface area contributed by atoms with Crippen LogP contribution in [-0.4, -0.2) is 34.0 Å². The molecule has 34 heavy (non-hydrogen) atoms. The molecule has 1 aliphatic heterocycles. The number of ether oxygens (including phenoxy) is 1. The number of piperidine rings is 1. The van der Waals surface area contributed by atoms with Gasteiger partial charge in [0.05, 0.1) is 25.2 Å². The third-order valence-corrected chi connectivity index (χ3v) is 7.23. The molecule has 1 unspecified atom stereocenters. The second kappa shape index (κ2) is 9.49. The number of hydrogen-bond donors (Lipinski definition) is 0. The van der Waals surface area contributed by atoms with E-state index in [4.69, 9.17) is 4.74 Å². The number of carbonyl (C=O) groups is 1. The van der Waals surface area contributed by atoms with Crippen molar-refractivity contribution in [3.8, 4) is 11.4 Å². The van der Waals surface area contributed by atoms with Crippen LogP contribution >= 0.6 is 0 Å². The Labute approximate surface area is 202 Å². The average Bonchev–Trinajstić information content (AvgIpc) is 3.34. The zero-order valence-electron chi connectivity index (χ0n) is 20.4. The van der Waals surface area contributed by atoms with Gasteiger partial charge in [0.1, 0.15) is 5.75 Å². The summed E-state index contributed by atoms with van der Waals surface area (Å²) in [6.45, 7) is 5.04. The molecule has 2 aromatic carbocycles. The van der Waals surface area contributed by atoms with Crippen molar-refractivity contribution < 1.29 is 9.53 Å². The first-order valence-electron chi connectivity index (χ1n) is 12.4. The van der Waals surface area contributed by atoms with E-state index >= 15 is 0 Å². The van der Waals surface area contributed by atoms with Gasteiger partial charge in [0, 0.05) is 24.0 Å². The minimum atomic E-state index is 0.133. The lowest BCUT2D eigenvalue weighted by molar-refractivity contribution is -0.131. The number of carbonyl (C=O) groups excluding carboxylic acids is 1. The Morgan fingerprint density at radius 3 is 2.79 bits per heavy atom. The molecule has 2 heterocycles. The largest absolute Gasteiger partial charge is 0.497 e. The molecular weight excluding hydrogens is 422 g/mol. The maximum atomic E-state index is 13.6. The van der Waals surface area contributed by atoms with Crippen LogP contribution in [0.4, 0.5) is 0 Å². The Morgan fingerprint density at radius 2 is 2.03 bits per heavy atom. The summed E-state index contributed by atoms with van der Waals surface area (Å²) in [5.41, 5.74) is 7.96. The fourth-order valence-corrected chi connectivity index (χ4v) is 5.40. The van der Waals surface area contributed by atoms with Gasteiger partial charge in [-0.1, -0.05) is 19.1 Å². The second-order valence-corrected chi connectivity index (χ2v) is 9.42. The van der Waals surface area contributed by atoms with E-state index in [0.29, 0.717) is 0 Å². The highest BCUT2D eigenvalue weighted by Crippen LogP contribution is 2.39. The van der Waals surface area contributed by atoms with Crippen molar-refractivity contribution in [2.45, 2.75) is 58.4 Å². The molecule has 0 bridgehead atoms. The van der Waals surface area contributed by atoms with Crippen LogP contribution in [0.15, 0.2) is 54.5 Å². The molecule has 1 aliphatic carbocycles. The normalized spacial score (nSPS) is 19.4. The number of amides is 1. The molecule has 2 aliphatic rings. The highest BCUT2D eigenvalue weighted by atomic mass is 16.5. The fourth-order valence-electron chi connectivity index (χ4n) is 5.40. The van der Waals surface area contributed by atoms with Gasteiger partial charge in [-0.2, -0.15) is 0 Å². The number of imidazole rings is 1. The standard InChI is InChI=1S/C29H33N3O2/c1-4-24-18-31(19-30-24)27-13-10-21(15-20(27)2)16-23-8-6-14-32(29(23)33)28-9-5-7-22-11-12-25(34-3)17-26(22)28/h10-13,15-19,28H,4-9,14H2,1-3H3/b23-16+. The number of benzene rings is 2. The summed E-state index contributed by atoms with van der Waals surface area (Å²) in [4.78, 5) is 20.2. The zero-order valence-corrected chi connectivity index (χ0v) is 20.4. The first-order chi connectivity index (χ1) is 16.6. The first-order valence-corrected chi connectivity index (χ1v) is 12.4. The monoisotopic (exact) mass is 455 g/mol. The van der Waals surface area contributed by atoms with Gasteiger partial charge in [-0.05, 0) is 98.0 Å². The Balaban J connectivity index is 1.40. The van der Waals surface area contributed by atoms with E-state index in [1.54, 1.807) is 7.11 Å². The van der Waals surface area contributed by atoms with Crippen molar-refractivity contribution in [3.05, 3.63) is 82.4 Å². The van der Waals surface area contributed by atoms with Crippen molar-refractivity contribution in [1.82, 2.24) is 14.5 Å². The molecule has 0 spiro atoms. The molecule has 0 radical (unpaired) electrons. The summed E-state index contributed by atoms with van der Waals surface area (Å²) >= 11 is 0. The molecule has 3 aromatic rings. The van der Waals surface area contributed by atoms with E-state index in [1.807, 2.05) is 12.4 Å². The summed E-state index contributed by atoms with van der Waals surface area (Å²) < 4.78 is 7.56. The van der Waals surface area contributed by atoms with Gasteiger partial charge >= 0.3 is 0 Å². The molecule has 0 N–H and O–H groups in total. The third-order valence-electron chi connectivity index (χ3n) is 7.23. The fraction of sp³-hybridized carbons (Fsp3) is 0.379. The molecule has 1 amide bonds. The van der Waals surface area contributed by atoms with Crippen LogP contribution in [0.5, 0.6) is 5.75 Å². The van der Waals surface area contributed by atoms with Crippen molar-refractivity contribution in [2.75, 3.05) is 13.7 Å². The Morgan fingerprint density at radius 1 is 1.15 bits per heavy atom. The van der Waals surface area contributed by atoms with Gasteiger partial charge in [-0.25, -0.2) is 4.98 Å². The molecule has 1 aromatic heterocycles. The Hall–Kier alpha value is -3.34. The molecule has 1 atom stereocenters. The van der Waals surface area contributed by atoms with Crippen LogP contribution in [0.2, 0.25) is 0 Å². The van der Waals surface area contributed by atoms with Gasteiger partial charge in [0.25, 0.3) is 0 Å². The lowest BCUT2D eigenvalue weighted by atomic mass is 9.85. The van der Waals surface area contributed by atoms with Gasteiger partial charge in [0.2, 0.25) is 5.91 Å². The number of hydrogen-bond acceptors (Lipinski definition) is 3. The maximum Gasteiger partial charge on any atom is 0.250 e. The molecule has 5 nitrogen and oxygen atoms in total. The van der Waals surface area contributed by atoms with E-state index in [-0.39, 0.29) is 11.9 Å². The summed E-state index contributed by atoms with van der Waals surface area (Å²) in [6.07, 6.45) is 12.0. The third kappa shape index (κ3) is 4.27. The van der Waals surface area contributed by atoms with Crippen LogP contribution < -0.4 is 4.74 Å². The molecule has 0 saturated carbocycles. The van der Waals surface area contributed by atoms with Crippen molar-refractivity contribution in [1.29, 1.82) is 0 Å². The van der Waals surface area contributed by atoms with E-state index < -0.39 is 0 Å². The lowest BCUT2D eigenvalue weighted by Gasteiger charge is -2.39. The van der Waals surface area contributed by atoms with E-state index in [2.05, 4.69) is 70.9 Å². The van der Waals surface area contributed by atoms with Crippen LogP contribution in [0, 0.1) is 6.92 Å². The van der Waals surface area contributed by atoms with E-state index in [1.165, 1.54) is 16.7 Å². The Bertz CT molecular complexity index is 1240. The number of aromatic nitrogens is 2. The van der Waals surface area contributed by atoms with Gasteiger partial charge < -0.3 is 14.2 Å². The van der Waals surface area contributed by atoms with Crippen molar-refractivity contribution in [3.63, 3.8) is 0 Å². The number of fused-ring (bicyclic) bond motifs is 1. The minimum absolute atomic E-state index is 0.133. The average molecular weight is 456 g/mol. The van der Waals surface area contributed by atoms with E-state index in [0.717, 1.165) is 73.3 Å². The molecule has 1 saturated heterocycles. The predicted octanol–water partition coefficient (Wildman–Crippen LogP) is 5.84. The van der Waals surface area contributed by atoms with Crippen LogP contribution in [0.3, 0.4) is 0 Å². The quantitative estimate of drug-likeness (QED) is 0.455. The highest BCUT2D eigenvalue weighted by Gasteiger charge is 2.33. The molecule has 176 valence electrons. The number of likely N-dealkylation sites (tertiary alicyclic amines) is 1. The summed E-state index contributed by atoms with van der Waals surface area (Å²) in [6, 6.07) is 12.9. The molecular formula is C29H33N3O2. The number of aryl methyl sites for hydroxylation is 3. The number of nitrogens with zero attached hydrogens (tertiary/aromatic N) is 3. The second-order valence-electron chi connectivity index (χ2n) is 9.42. The highest BCUT2D eigenvalue weighted by molar-refractivity contribution is 5.98. The van der Waals surface area contributed by atoms with Gasteiger partial charge in [0.15, 0.2) is 0 Å². The topological polar surface area (TPSA) is 47.4 Å².